The van der Waals surface area contributed by atoms with Gasteiger partial charge in [0, 0.05) is 0 Å². The van der Waals surface area contributed by atoms with Crippen molar-refractivity contribution in [1.82, 2.24) is 0 Å². The molecule has 100 valence electrons. The molecule has 0 atom stereocenters. The number of ether oxygens (including phenoxy) is 2. The number of carbonyl (C=O) groups excluding carboxylic acids is 2. The Morgan fingerprint density at radius 3 is 1.50 bits per heavy atom. The Labute approximate surface area is 112 Å². The van der Waals surface area contributed by atoms with Crippen molar-refractivity contribution in [3.63, 3.8) is 0 Å². The van der Waals surface area contributed by atoms with E-state index in [0.717, 1.165) is 0 Å². The van der Waals surface area contributed by atoms with Crippen LogP contribution in [0.1, 0.15) is 47.0 Å². The Balaban J connectivity index is 3.02. The van der Waals surface area contributed by atoms with Gasteiger partial charge in [-0.05, 0) is 27.7 Å². The zero-order valence-electron chi connectivity index (χ0n) is 10.5. The van der Waals surface area contributed by atoms with E-state index in [2.05, 4.69) is 0 Å². The van der Waals surface area contributed by atoms with Crippen molar-refractivity contribution >= 4 is 34.6 Å². The molecule has 5 nitrogen and oxygen atoms in total. The molecule has 18 heavy (non-hydrogen) atoms. The second-order valence-corrected chi connectivity index (χ2v) is 6.25. The standard InChI is InChI=1S/C11H14O5S2/c1-5(2)15-9(12)7-8(18-11(14)17-7)10(13)16-6(3)4/h5-6H,1-4H3. The van der Waals surface area contributed by atoms with E-state index in [1.807, 2.05) is 0 Å². The average Bonchev–Trinajstić information content (AvgIpc) is 2.58. The molecule has 0 N–H and O–H groups in total. The summed E-state index contributed by atoms with van der Waals surface area (Å²) < 4.78 is 9.62. The summed E-state index contributed by atoms with van der Waals surface area (Å²) in [6.45, 7) is 6.77. The molecule has 0 aromatic carbocycles. The molecule has 0 aliphatic heterocycles. The predicted molar refractivity (Wildman–Crippen MR) is 69.6 cm³/mol. The van der Waals surface area contributed by atoms with Gasteiger partial charge < -0.3 is 9.47 Å². The first kappa shape index (κ1) is 14.8. The van der Waals surface area contributed by atoms with E-state index < -0.39 is 11.9 Å². The van der Waals surface area contributed by atoms with Gasteiger partial charge in [0.25, 0.3) is 4.06 Å². The van der Waals surface area contributed by atoms with E-state index in [0.29, 0.717) is 22.7 Å². The molecule has 0 bridgehead atoms. The summed E-state index contributed by atoms with van der Waals surface area (Å²) in [4.78, 5) is 34.8. The van der Waals surface area contributed by atoms with Crippen LogP contribution in [-0.4, -0.2) is 24.1 Å². The van der Waals surface area contributed by atoms with Gasteiger partial charge in [0.1, 0.15) is 9.75 Å². The molecule has 0 unspecified atom stereocenters. The molecule has 1 aromatic heterocycles. The second kappa shape index (κ2) is 6.10. The Hall–Kier alpha value is -1.21. The third-order valence-electron chi connectivity index (χ3n) is 1.63. The highest BCUT2D eigenvalue weighted by atomic mass is 32.2. The average molecular weight is 290 g/mol. The topological polar surface area (TPSA) is 69.7 Å². The first-order valence-corrected chi connectivity index (χ1v) is 7.00. The maximum absolute atomic E-state index is 11.7. The van der Waals surface area contributed by atoms with Gasteiger partial charge in [0.2, 0.25) is 0 Å². The van der Waals surface area contributed by atoms with E-state index in [1.165, 1.54) is 0 Å². The van der Waals surface area contributed by atoms with Crippen molar-refractivity contribution in [3.8, 4) is 0 Å². The minimum atomic E-state index is -0.663. The van der Waals surface area contributed by atoms with Gasteiger partial charge in [-0.25, -0.2) is 9.59 Å². The molecule has 0 saturated heterocycles. The van der Waals surface area contributed by atoms with Crippen LogP contribution in [0, 0.1) is 0 Å². The largest absolute Gasteiger partial charge is 0.459 e. The summed E-state index contributed by atoms with van der Waals surface area (Å²) in [6, 6.07) is 0. The fourth-order valence-corrected chi connectivity index (χ4v) is 2.95. The van der Waals surface area contributed by atoms with E-state index in [1.54, 1.807) is 27.7 Å². The molecule has 1 heterocycles. The maximum atomic E-state index is 11.7. The monoisotopic (exact) mass is 290 g/mol. The summed E-state index contributed by atoms with van der Waals surface area (Å²) >= 11 is 1.41. The first-order chi connectivity index (χ1) is 8.31. The Morgan fingerprint density at radius 1 is 0.889 bits per heavy atom. The molecule has 0 aliphatic rings. The fraction of sp³-hybridized carbons (Fsp3) is 0.545. The van der Waals surface area contributed by atoms with E-state index >= 15 is 0 Å². The normalized spacial score (nSPS) is 10.8. The minimum Gasteiger partial charge on any atom is -0.459 e. The van der Waals surface area contributed by atoms with E-state index in [-0.39, 0.29) is 26.0 Å². The van der Waals surface area contributed by atoms with E-state index in [9.17, 15) is 14.4 Å². The van der Waals surface area contributed by atoms with Crippen LogP contribution in [0.3, 0.4) is 0 Å². The van der Waals surface area contributed by atoms with Crippen LogP contribution >= 0.6 is 22.7 Å². The van der Waals surface area contributed by atoms with Crippen LogP contribution in [-0.2, 0) is 9.47 Å². The van der Waals surface area contributed by atoms with Crippen molar-refractivity contribution < 1.29 is 19.1 Å². The molecule has 0 aliphatic carbocycles. The smallest absolute Gasteiger partial charge is 0.350 e. The minimum absolute atomic E-state index is 0.0179. The molecule has 0 saturated carbocycles. The number of hydrogen-bond donors (Lipinski definition) is 0. The Morgan fingerprint density at radius 2 is 1.22 bits per heavy atom. The van der Waals surface area contributed by atoms with Gasteiger partial charge >= 0.3 is 11.9 Å². The molecule has 1 rings (SSSR count). The number of carbonyl (C=O) groups is 2. The lowest BCUT2D eigenvalue weighted by atomic mass is 10.4. The molecule has 0 fully saturated rings. The number of hydrogen-bond acceptors (Lipinski definition) is 7. The van der Waals surface area contributed by atoms with Crippen molar-refractivity contribution in [2.45, 2.75) is 39.9 Å². The maximum Gasteiger partial charge on any atom is 0.350 e. The second-order valence-electron chi connectivity index (χ2n) is 4.02. The lowest BCUT2D eigenvalue weighted by Gasteiger charge is -2.09. The zero-order chi connectivity index (χ0) is 13.9. The van der Waals surface area contributed by atoms with Crippen molar-refractivity contribution in [2.24, 2.45) is 0 Å². The third kappa shape index (κ3) is 3.92. The lowest BCUT2D eigenvalue weighted by Crippen LogP contribution is -2.16. The van der Waals surface area contributed by atoms with Gasteiger partial charge in [-0.3, -0.25) is 4.79 Å². The molecule has 7 heteroatoms. The highest BCUT2D eigenvalue weighted by molar-refractivity contribution is 7.29. The van der Waals surface area contributed by atoms with Crippen molar-refractivity contribution in [3.05, 3.63) is 18.6 Å². The quantitative estimate of drug-likeness (QED) is 0.796. The molecule has 1 aromatic rings. The van der Waals surface area contributed by atoms with Crippen LogP contribution in [0.5, 0.6) is 0 Å². The van der Waals surface area contributed by atoms with Crippen molar-refractivity contribution in [2.75, 3.05) is 0 Å². The predicted octanol–water partition coefficient (Wildman–Crippen LogP) is 2.30. The summed E-state index contributed by atoms with van der Waals surface area (Å²) in [7, 11) is 0. The zero-order valence-corrected chi connectivity index (χ0v) is 12.1. The van der Waals surface area contributed by atoms with Crippen LogP contribution in [0.15, 0.2) is 4.79 Å². The van der Waals surface area contributed by atoms with Gasteiger partial charge in [-0.15, -0.1) is 0 Å². The first-order valence-electron chi connectivity index (χ1n) is 5.37. The highest BCUT2D eigenvalue weighted by Crippen LogP contribution is 2.20. The lowest BCUT2D eigenvalue weighted by molar-refractivity contribution is 0.0337. The fourth-order valence-electron chi connectivity index (χ4n) is 1.08. The van der Waals surface area contributed by atoms with Gasteiger partial charge in [0.05, 0.1) is 12.2 Å². The van der Waals surface area contributed by atoms with Crippen LogP contribution < -0.4 is 4.06 Å². The van der Waals surface area contributed by atoms with Crippen LogP contribution in [0.25, 0.3) is 0 Å². The van der Waals surface area contributed by atoms with Crippen LogP contribution in [0.4, 0.5) is 0 Å². The molecule has 0 spiro atoms. The summed E-state index contributed by atoms with van der Waals surface area (Å²) in [5.74, 6) is -1.33. The SMILES string of the molecule is CC(C)OC(=O)c1sc(=O)sc1C(=O)OC(C)C. The van der Waals surface area contributed by atoms with E-state index in [4.69, 9.17) is 9.47 Å². The summed E-state index contributed by atoms with van der Waals surface area (Å²) in [6.07, 6.45) is -0.623. The molecular formula is C11H14O5S2. The van der Waals surface area contributed by atoms with Gasteiger partial charge in [-0.1, -0.05) is 22.7 Å². The number of rotatable bonds is 4. The molecular weight excluding hydrogens is 276 g/mol. The van der Waals surface area contributed by atoms with Gasteiger partial charge in [-0.2, -0.15) is 0 Å². The third-order valence-corrected chi connectivity index (χ3v) is 3.75. The summed E-state index contributed by atoms with van der Waals surface area (Å²) in [5, 5.41) is 0. The highest BCUT2D eigenvalue weighted by Gasteiger charge is 2.25. The molecule has 0 radical (unpaired) electrons. The van der Waals surface area contributed by atoms with Gasteiger partial charge in [0.15, 0.2) is 0 Å². The molecule has 0 amide bonds. The Bertz CT molecular complexity index is 455. The van der Waals surface area contributed by atoms with Crippen molar-refractivity contribution in [1.29, 1.82) is 0 Å². The summed E-state index contributed by atoms with van der Waals surface area (Å²) in [5.41, 5.74) is 0. The number of esters is 2. The van der Waals surface area contributed by atoms with Crippen LogP contribution in [0.2, 0.25) is 0 Å². The Kier molecular flexibility index (Phi) is 5.03.